The summed E-state index contributed by atoms with van der Waals surface area (Å²) in [5.74, 6) is -0.232. The summed E-state index contributed by atoms with van der Waals surface area (Å²) in [5, 5.41) is 10.6. The highest BCUT2D eigenvalue weighted by atomic mass is 32.1. The van der Waals surface area contributed by atoms with Crippen LogP contribution in [0.4, 0.5) is 0 Å². The van der Waals surface area contributed by atoms with Crippen LogP contribution in [0.25, 0.3) is 0 Å². The summed E-state index contributed by atoms with van der Waals surface area (Å²) >= 11 is 1.11. The van der Waals surface area contributed by atoms with Crippen LogP contribution in [0.1, 0.15) is 34.4 Å². The molecule has 0 aliphatic carbocycles. The molecule has 2 rings (SSSR count). The third kappa shape index (κ3) is 3.79. The van der Waals surface area contributed by atoms with Crippen molar-refractivity contribution >= 4 is 17.3 Å². The summed E-state index contributed by atoms with van der Waals surface area (Å²) in [6, 6.07) is 7.94. The molecule has 4 nitrogen and oxygen atoms in total. The van der Waals surface area contributed by atoms with Crippen LogP contribution in [0.2, 0.25) is 0 Å². The van der Waals surface area contributed by atoms with E-state index in [0.29, 0.717) is 5.69 Å². The topological polar surface area (TPSA) is 59.4 Å². The van der Waals surface area contributed by atoms with E-state index in [0.717, 1.165) is 29.9 Å². The van der Waals surface area contributed by atoms with Gasteiger partial charge in [0.25, 0.3) is 0 Å². The molecule has 1 heterocycles. The van der Waals surface area contributed by atoms with Crippen LogP contribution in [0.3, 0.4) is 0 Å². The van der Waals surface area contributed by atoms with E-state index in [9.17, 15) is 4.79 Å². The SMILES string of the molecule is CCCc1ccc(OCc2csc(C(=O)O)n2)cc1. The fourth-order valence-corrected chi connectivity index (χ4v) is 2.31. The minimum Gasteiger partial charge on any atom is -0.487 e. The first kappa shape index (κ1) is 13.5. The van der Waals surface area contributed by atoms with Gasteiger partial charge in [-0.3, -0.25) is 0 Å². The van der Waals surface area contributed by atoms with Crippen molar-refractivity contribution in [2.45, 2.75) is 26.4 Å². The predicted octanol–water partition coefficient (Wildman–Crippen LogP) is 3.37. The van der Waals surface area contributed by atoms with Gasteiger partial charge >= 0.3 is 5.97 Å². The maximum absolute atomic E-state index is 10.7. The van der Waals surface area contributed by atoms with Crippen LogP contribution >= 0.6 is 11.3 Å². The zero-order valence-electron chi connectivity index (χ0n) is 10.6. The number of aromatic nitrogens is 1. The standard InChI is InChI=1S/C14H15NO3S/c1-2-3-10-4-6-12(7-5-10)18-8-11-9-19-13(15-11)14(16)17/h4-7,9H,2-3,8H2,1H3,(H,16,17). The van der Waals surface area contributed by atoms with E-state index in [1.165, 1.54) is 5.56 Å². The number of thiazole rings is 1. The summed E-state index contributed by atoms with van der Waals surface area (Å²) in [4.78, 5) is 14.7. The summed E-state index contributed by atoms with van der Waals surface area (Å²) < 4.78 is 5.57. The number of nitrogens with zero attached hydrogens (tertiary/aromatic N) is 1. The Morgan fingerprint density at radius 2 is 2.11 bits per heavy atom. The third-order valence-electron chi connectivity index (χ3n) is 2.58. The van der Waals surface area contributed by atoms with E-state index in [4.69, 9.17) is 9.84 Å². The number of benzene rings is 1. The van der Waals surface area contributed by atoms with E-state index in [2.05, 4.69) is 11.9 Å². The van der Waals surface area contributed by atoms with Gasteiger partial charge in [-0.1, -0.05) is 25.5 Å². The summed E-state index contributed by atoms with van der Waals surface area (Å²) in [6.07, 6.45) is 2.19. The second-order valence-corrected chi connectivity index (χ2v) is 4.99. The molecule has 0 atom stereocenters. The molecule has 0 amide bonds. The van der Waals surface area contributed by atoms with E-state index < -0.39 is 5.97 Å². The molecule has 100 valence electrons. The lowest BCUT2D eigenvalue weighted by atomic mass is 10.1. The van der Waals surface area contributed by atoms with Crippen LogP contribution in [0, 0.1) is 0 Å². The predicted molar refractivity (Wildman–Crippen MR) is 73.8 cm³/mol. The minimum absolute atomic E-state index is 0.0943. The monoisotopic (exact) mass is 277 g/mol. The Labute approximate surface area is 115 Å². The largest absolute Gasteiger partial charge is 0.487 e. The van der Waals surface area contributed by atoms with Crippen LogP contribution < -0.4 is 4.74 Å². The smallest absolute Gasteiger partial charge is 0.365 e. The van der Waals surface area contributed by atoms with Crippen LogP contribution in [0.15, 0.2) is 29.6 Å². The molecule has 0 aliphatic rings. The van der Waals surface area contributed by atoms with Gasteiger partial charge in [-0.15, -0.1) is 11.3 Å². The van der Waals surface area contributed by atoms with Gasteiger partial charge in [-0.25, -0.2) is 9.78 Å². The van der Waals surface area contributed by atoms with Gasteiger partial charge in [0.05, 0.1) is 5.69 Å². The molecule has 0 unspecified atom stereocenters. The Hall–Kier alpha value is -1.88. The van der Waals surface area contributed by atoms with E-state index in [-0.39, 0.29) is 11.6 Å². The lowest BCUT2D eigenvalue weighted by Crippen LogP contribution is -1.99. The molecule has 0 radical (unpaired) electrons. The summed E-state index contributed by atoms with van der Waals surface area (Å²) in [6.45, 7) is 2.43. The maximum atomic E-state index is 10.7. The molecule has 1 N–H and O–H groups in total. The molecule has 1 aromatic heterocycles. The first-order valence-corrected chi connectivity index (χ1v) is 6.96. The number of ether oxygens (including phenoxy) is 1. The van der Waals surface area contributed by atoms with Crippen molar-refractivity contribution in [1.29, 1.82) is 0 Å². The number of carbonyl (C=O) groups is 1. The number of aryl methyl sites for hydroxylation is 1. The average Bonchev–Trinajstić information content (AvgIpc) is 2.87. The highest BCUT2D eigenvalue weighted by molar-refractivity contribution is 7.11. The Morgan fingerprint density at radius 1 is 1.37 bits per heavy atom. The molecule has 2 aromatic rings. The Balaban J connectivity index is 1.92. The zero-order chi connectivity index (χ0) is 13.7. The lowest BCUT2D eigenvalue weighted by molar-refractivity contribution is 0.0696. The van der Waals surface area contributed by atoms with Gasteiger partial charge < -0.3 is 9.84 Å². The molecule has 0 bridgehead atoms. The van der Waals surface area contributed by atoms with Crippen molar-refractivity contribution in [3.8, 4) is 5.75 Å². The maximum Gasteiger partial charge on any atom is 0.365 e. The van der Waals surface area contributed by atoms with Gasteiger partial charge in [-0.05, 0) is 24.1 Å². The Kier molecular flexibility index (Phi) is 4.52. The molecule has 0 saturated carbocycles. The fourth-order valence-electron chi connectivity index (χ4n) is 1.67. The highest BCUT2D eigenvalue weighted by Gasteiger charge is 2.09. The molecule has 5 heteroatoms. The molecule has 0 spiro atoms. The first-order chi connectivity index (χ1) is 9.19. The fraction of sp³-hybridized carbons (Fsp3) is 0.286. The van der Waals surface area contributed by atoms with Crippen LogP contribution in [0.5, 0.6) is 5.75 Å². The second kappa shape index (κ2) is 6.33. The van der Waals surface area contributed by atoms with Crippen molar-refractivity contribution in [3.63, 3.8) is 0 Å². The second-order valence-electron chi connectivity index (χ2n) is 4.13. The number of hydrogen-bond donors (Lipinski definition) is 1. The number of carboxylic acid groups (broad SMARTS) is 1. The van der Waals surface area contributed by atoms with E-state index in [1.54, 1.807) is 5.38 Å². The van der Waals surface area contributed by atoms with Gasteiger partial charge in [0.15, 0.2) is 0 Å². The average molecular weight is 277 g/mol. The van der Waals surface area contributed by atoms with Gasteiger partial charge in [-0.2, -0.15) is 0 Å². The number of rotatable bonds is 6. The van der Waals surface area contributed by atoms with Crippen molar-refractivity contribution < 1.29 is 14.6 Å². The van der Waals surface area contributed by atoms with Crippen molar-refractivity contribution in [3.05, 3.63) is 45.9 Å². The molecular formula is C14H15NO3S. The number of carboxylic acids is 1. The van der Waals surface area contributed by atoms with Crippen LogP contribution in [-0.2, 0) is 13.0 Å². The first-order valence-electron chi connectivity index (χ1n) is 6.08. The van der Waals surface area contributed by atoms with Crippen LogP contribution in [-0.4, -0.2) is 16.1 Å². The third-order valence-corrected chi connectivity index (χ3v) is 3.46. The van der Waals surface area contributed by atoms with E-state index in [1.807, 2.05) is 24.3 Å². The van der Waals surface area contributed by atoms with Gasteiger partial charge in [0.2, 0.25) is 5.01 Å². The quantitative estimate of drug-likeness (QED) is 0.879. The zero-order valence-corrected chi connectivity index (χ0v) is 11.4. The van der Waals surface area contributed by atoms with Gasteiger partial charge in [0, 0.05) is 5.38 Å². The van der Waals surface area contributed by atoms with Crippen molar-refractivity contribution in [2.24, 2.45) is 0 Å². The van der Waals surface area contributed by atoms with E-state index >= 15 is 0 Å². The minimum atomic E-state index is -1.000. The normalized spacial score (nSPS) is 10.4. The molecule has 1 aromatic carbocycles. The Morgan fingerprint density at radius 3 is 2.68 bits per heavy atom. The van der Waals surface area contributed by atoms with Crippen molar-refractivity contribution in [1.82, 2.24) is 4.98 Å². The number of aromatic carboxylic acids is 1. The summed E-state index contributed by atoms with van der Waals surface area (Å²) in [7, 11) is 0. The molecule has 19 heavy (non-hydrogen) atoms. The van der Waals surface area contributed by atoms with Gasteiger partial charge in [0.1, 0.15) is 12.4 Å². The molecule has 0 saturated heterocycles. The number of hydrogen-bond acceptors (Lipinski definition) is 4. The van der Waals surface area contributed by atoms with Crippen molar-refractivity contribution in [2.75, 3.05) is 0 Å². The molecular weight excluding hydrogens is 262 g/mol. The summed E-state index contributed by atoms with van der Waals surface area (Å²) in [5.41, 5.74) is 1.93. The lowest BCUT2D eigenvalue weighted by Gasteiger charge is -2.05. The molecule has 0 aliphatic heterocycles. The molecule has 0 fully saturated rings. The highest BCUT2D eigenvalue weighted by Crippen LogP contribution is 2.16. The Bertz CT molecular complexity index is 548.